The molecular weight excluding hydrogens is 403 g/mol. The zero-order valence-corrected chi connectivity index (χ0v) is 17.1. The predicted octanol–water partition coefficient (Wildman–Crippen LogP) is 5.49. The minimum absolute atomic E-state index is 0.0776. The van der Waals surface area contributed by atoms with Gasteiger partial charge in [-0.3, -0.25) is 9.59 Å². The van der Waals surface area contributed by atoms with Crippen LogP contribution < -0.4 is 10.2 Å². The first kappa shape index (κ1) is 19.9. The highest BCUT2D eigenvalue weighted by molar-refractivity contribution is 6.48. The summed E-state index contributed by atoms with van der Waals surface area (Å²) in [4.78, 5) is 27.8. The van der Waals surface area contributed by atoms with Crippen molar-refractivity contribution < 1.29 is 14.0 Å². The van der Waals surface area contributed by atoms with Crippen LogP contribution in [0.5, 0.6) is 0 Å². The molecular formula is C24H18ClFN2O2. The van der Waals surface area contributed by atoms with E-state index in [1.807, 2.05) is 26.0 Å². The number of hydrogen-bond donors (Lipinski definition) is 1. The van der Waals surface area contributed by atoms with E-state index in [9.17, 15) is 14.0 Å². The maximum atomic E-state index is 13.7. The van der Waals surface area contributed by atoms with E-state index in [0.29, 0.717) is 16.9 Å². The van der Waals surface area contributed by atoms with Crippen molar-refractivity contribution >= 4 is 40.4 Å². The van der Waals surface area contributed by atoms with Gasteiger partial charge in [0, 0.05) is 5.69 Å². The zero-order valence-electron chi connectivity index (χ0n) is 16.4. The summed E-state index contributed by atoms with van der Waals surface area (Å²) in [6.45, 7) is 3.91. The van der Waals surface area contributed by atoms with E-state index in [4.69, 9.17) is 11.6 Å². The van der Waals surface area contributed by atoms with Crippen LogP contribution in [-0.2, 0) is 9.59 Å². The number of benzene rings is 3. The van der Waals surface area contributed by atoms with Crippen molar-refractivity contribution in [3.8, 4) is 0 Å². The number of nitrogens with zero attached hydrogens (tertiary/aromatic N) is 1. The Bertz CT molecular complexity index is 1220. The number of nitrogens with one attached hydrogen (secondary N) is 1. The number of para-hydroxylation sites is 1. The molecule has 1 aliphatic rings. The second-order valence-electron chi connectivity index (χ2n) is 7.08. The van der Waals surface area contributed by atoms with Crippen molar-refractivity contribution in [2.24, 2.45) is 0 Å². The standard InChI is InChI=1S/C24H18ClFN2O2/c1-14-10-11-16(12-15(14)2)21-22(27-18-7-5-6-17(26)13-18)24(30)28(23(21)29)20-9-4-3-8-19(20)25/h3-13,27H,1-2H3. The number of hydrogen-bond acceptors (Lipinski definition) is 3. The van der Waals surface area contributed by atoms with Crippen molar-refractivity contribution in [1.29, 1.82) is 0 Å². The van der Waals surface area contributed by atoms with Gasteiger partial charge in [-0.15, -0.1) is 0 Å². The Balaban J connectivity index is 1.87. The maximum absolute atomic E-state index is 13.7. The molecule has 3 aromatic rings. The van der Waals surface area contributed by atoms with E-state index in [-0.39, 0.29) is 16.3 Å². The highest BCUT2D eigenvalue weighted by Crippen LogP contribution is 2.37. The lowest BCUT2D eigenvalue weighted by Gasteiger charge is -2.16. The van der Waals surface area contributed by atoms with Gasteiger partial charge in [-0.1, -0.05) is 48.0 Å². The van der Waals surface area contributed by atoms with E-state index in [1.54, 1.807) is 36.4 Å². The second-order valence-corrected chi connectivity index (χ2v) is 7.49. The van der Waals surface area contributed by atoms with Crippen molar-refractivity contribution in [3.63, 3.8) is 0 Å². The summed E-state index contributed by atoms with van der Waals surface area (Å²) < 4.78 is 13.7. The van der Waals surface area contributed by atoms with Gasteiger partial charge in [0.05, 0.1) is 16.3 Å². The maximum Gasteiger partial charge on any atom is 0.282 e. The molecule has 3 aromatic carbocycles. The van der Waals surface area contributed by atoms with Gasteiger partial charge in [0.1, 0.15) is 11.5 Å². The first-order chi connectivity index (χ1) is 14.4. The van der Waals surface area contributed by atoms with Crippen LogP contribution in [0, 0.1) is 19.7 Å². The van der Waals surface area contributed by atoms with Crippen molar-refractivity contribution in [2.45, 2.75) is 13.8 Å². The first-order valence-electron chi connectivity index (χ1n) is 9.34. The van der Waals surface area contributed by atoms with Gasteiger partial charge in [0.15, 0.2) is 0 Å². The molecule has 4 nitrogen and oxygen atoms in total. The van der Waals surface area contributed by atoms with Crippen molar-refractivity contribution in [1.82, 2.24) is 0 Å². The minimum atomic E-state index is -0.550. The van der Waals surface area contributed by atoms with Crippen LogP contribution in [0.4, 0.5) is 15.8 Å². The summed E-state index contributed by atoms with van der Waals surface area (Å²) in [5.41, 5.74) is 3.62. The van der Waals surface area contributed by atoms with Crippen LogP contribution in [0.15, 0.2) is 72.4 Å². The Hall–Kier alpha value is -3.44. The van der Waals surface area contributed by atoms with Gasteiger partial charge in [0.2, 0.25) is 0 Å². The Kier molecular flexibility index (Phi) is 5.14. The molecule has 0 aliphatic carbocycles. The number of amides is 2. The normalized spacial score (nSPS) is 13.9. The molecule has 0 saturated carbocycles. The number of carbonyl (C=O) groups is 2. The van der Waals surface area contributed by atoms with E-state index < -0.39 is 17.6 Å². The number of imide groups is 1. The van der Waals surface area contributed by atoms with Crippen LogP contribution >= 0.6 is 11.6 Å². The van der Waals surface area contributed by atoms with Gasteiger partial charge in [-0.25, -0.2) is 9.29 Å². The molecule has 0 fully saturated rings. The molecule has 0 aromatic heterocycles. The number of aryl methyl sites for hydroxylation is 2. The number of anilines is 2. The number of carbonyl (C=O) groups excluding carboxylic acids is 2. The largest absolute Gasteiger partial charge is 0.350 e. The minimum Gasteiger partial charge on any atom is -0.350 e. The fourth-order valence-electron chi connectivity index (χ4n) is 3.37. The lowest BCUT2D eigenvalue weighted by Crippen LogP contribution is -2.32. The Morgan fingerprint density at radius 2 is 1.63 bits per heavy atom. The molecule has 2 amide bonds. The summed E-state index contributed by atoms with van der Waals surface area (Å²) >= 11 is 6.27. The molecule has 0 unspecified atom stereocenters. The first-order valence-corrected chi connectivity index (χ1v) is 9.72. The fraction of sp³-hybridized carbons (Fsp3) is 0.0833. The van der Waals surface area contributed by atoms with Crippen LogP contribution in [0.25, 0.3) is 5.57 Å². The monoisotopic (exact) mass is 420 g/mol. The zero-order chi connectivity index (χ0) is 21.4. The van der Waals surface area contributed by atoms with Crippen molar-refractivity contribution in [2.75, 3.05) is 10.2 Å². The summed E-state index contributed by atoms with van der Waals surface area (Å²) in [7, 11) is 0. The molecule has 30 heavy (non-hydrogen) atoms. The smallest absolute Gasteiger partial charge is 0.282 e. The lowest BCUT2D eigenvalue weighted by atomic mass is 9.99. The van der Waals surface area contributed by atoms with Gasteiger partial charge in [0.25, 0.3) is 11.8 Å². The summed E-state index contributed by atoms with van der Waals surface area (Å²) in [6, 6.07) is 17.9. The van der Waals surface area contributed by atoms with Crippen LogP contribution in [-0.4, -0.2) is 11.8 Å². The SMILES string of the molecule is Cc1ccc(C2=C(Nc3cccc(F)c3)C(=O)N(c3ccccc3Cl)C2=O)cc1C. The Morgan fingerprint density at radius 3 is 2.33 bits per heavy atom. The highest BCUT2D eigenvalue weighted by Gasteiger charge is 2.41. The molecule has 1 heterocycles. The van der Waals surface area contributed by atoms with Gasteiger partial charge in [-0.2, -0.15) is 0 Å². The topological polar surface area (TPSA) is 49.4 Å². The van der Waals surface area contributed by atoms with Crippen LogP contribution in [0.1, 0.15) is 16.7 Å². The average molecular weight is 421 g/mol. The molecule has 0 spiro atoms. The average Bonchev–Trinajstić information content (AvgIpc) is 2.94. The fourth-order valence-corrected chi connectivity index (χ4v) is 3.59. The molecule has 0 bridgehead atoms. The van der Waals surface area contributed by atoms with Gasteiger partial charge >= 0.3 is 0 Å². The van der Waals surface area contributed by atoms with Crippen LogP contribution in [0.3, 0.4) is 0 Å². The molecule has 0 radical (unpaired) electrons. The Morgan fingerprint density at radius 1 is 0.867 bits per heavy atom. The van der Waals surface area contributed by atoms with Gasteiger partial charge < -0.3 is 5.32 Å². The predicted molar refractivity (Wildman–Crippen MR) is 117 cm³/mol. The van der Waals surface area contributed by atoms with E-state index in [1.165, 1.54) is 18.2 Å². The molecule has 0 saturated heterocycles. The summed E-state index contributed by atoms with van der Waals surface area (Å²) in [5, 5.41) is 3.23. The molecule has 6 heteroatoms. The van der Waals surface area contributed by atoms with E-state index >= 15 is 0 Å². The van der Waals surface area contributed by atoms with E-state index in [0.717, 1.165) is 16.0 Å². The molecule has 4 rings (SSSR count). The molecule has 150 valence electrons. The number of halogens is 2. The summed E-state index contributed by atoms with van der Waals surface area (Å²) in [6.07, 6.45) is 0. The van der Waals surface area contributed by atoms with Gasteiger partial charge in [-0.05, 0) is 60.9 Å². The number of rotatable bonds is 4. The van der Waals surface area contributed by atoms with E-state index in [2.05, 4.69) is 5.32 Å². The highest BCUT2D eigenvalue weighted by atomic mass is 35.5. The molecule has 1 aliphatic heterocycles. The quantitative estimate of drug-likeness (QED) is 0.567. The lowest BCUT2D eigenvalue weighted by molar-refractivity contribution is -0.120. The second kappa shape index (κ2) is 7.76. The Labute approximate surface area is 178 Å². The molecule has 1 N–H and O–H groups in total. The third kappa shape index (κ3) is 3.48. The summed E-state index contributed by atoms with van der Waals surface area (Å²) in [5.74, 6) is -1.49. The van der Waals surface area contributed by atoms with Crippen molar-refractivity contribution in [3.05, 3.63) is 100.0 Å². The molecule has 0 atom stereocenters. The third-order valence-corrected chi connectivity index (χ3v) is 5.39. The van der Waals surface area contributed by atoms with Crippen LogP contribution in [0.2, 0.25) is 5.02 Å². The third-order valence-electron chi connectivity index (χ3n) is 5.07.